The first-order valence-electron chi connectivity index (χ1n) is 9.24. The minimum Gasteiger partial charge on any atom is -0.328 e. The molecule has 0 spiro atoms. The molecular formula is C21H27N3O2S. The second kappa shape index (κ2) is 7.44. The van der Waals surface area contributed by atoms with Gasteiger partial charge in [0.2, 0.25) is 10.0 Å². The maximum Gasteiger partial charge on any atom is 0.241 e. The van der Waals surface area contributed by atoms with Gasteiger partial charge < -0.3 is 4.57 Å². The third-order valence-corrected chi connectivity index (χ3v) is 6.78. The summed E-state index contributed by atoms with van der Waals surface area (Å²) in [5.41, 5.74) is 4.58. The molecule has 0 aliphatic heterocycles. The Morgan fingerprint density at radius 2 is 1.78 bits per heavy atom. The lowest BCUT2D eigenvalue weighted by atomic mass is 10.1. The highest BCUT2D eigenvalue weighted by atomic mass is 32.2. The predicted molar refractivity (Wildman–Crippen MR) is 110 cm³/mol. The lowest BCUT2D eigenvalue weighted by molar-refractivity contribution is 0.486. The molecule has 0 aliphatic rings. The molecule has 0 fully saturated rings. The molecule has 0 radical (unpaired) electrons. The highest BCUT2D eigenvalue weighted by molar-refractivity contribution is 7.89. The van der Waals surface area contributed by atoms with Gasteiger partial charge in [0.1, 0.15) is 5.65 Å². The van der Waals surface area contributed by atoms with E-state index >= 15 is 0 Å². The van der Waals surface area contributed by atoms with Crippen LogP contribution in [0.5, 0.6) is 0 Å². The molecule has 0 saturated carbocycles. The monoisotopic (exact) mass is 385 g/mol. The summed E-state index contributed by atoms with van der Waals surface area (Å²) in [6.45, 7) is 10.2. The van der Waals surface area contributed by atoms with Crippen molar-refractivity contribution < 1.29 is 8.42 Å². The standard InChI is InChI=1S/C21H27N3O2S/c1-6-19(13-24-17(5)12-18-8-7-9-22-21(18)24)23-27(25,26)20-15(3)10-14(2)11-16(20)4/h7-12,19,23H,6,13H2,1-5H3. The van der Waals surface area contributed by atoms with Gasteiger partial charge in [0, 0.05) is 29.9 Å². The first kappa shape index (κ1) is 19.6. The summed E-state index contributed by atoms with van der Waals surface area (Å²) in [5.74, 6) is 0. The van der Waals surface area contributed by atoms with Gasteiger partial charge in [0.05, 0.1) is 4.90 Å². The van der Waals surface area contributed by atoms with Gasteiger partial charge in [0.15, 0.2) is 0 Å². The predicted octanol–water partition coefficient (Wildman–Crippen LogP) is 4.03. The van der Waals surface area contributed by atoms with Crippen molar-refractivity contribution in [3.8, 4) is 0 Å². The van der Waals surface area contributed by atoms with Crippen LogP contribution in [-0.4, -0.2) is 24.0 Å². The summed E-state index contributed by atoms with van der Waals surface area (Å²) in [6, 6.07) is 9.63. The van der Waals surface area contributed by atoms with Crippen molar-refractivity contribution in [2.45, 2.75) is 58.5 Å². The molecule has 1 N–H and O–H groups in total. The number of pyridine rings is 1. The fourth-order valence-corrected chi connectivity index (χ4v) is 5.55. The molecule has 2 aromatic heterocycles. The molecule has 1 unspecified atom stereocenters. The van der Waals surface area contributed by atoms with E-state index in [1.165, 1.54) is 0 Å². The Hall–Kier alpha value is -2.18. The van der Waals surface area contributed by atoms with Crippen LogP contribution in [0.3, 0.4) is 0 Å². The first-order valence-corrected chi connectivity index (χ1v) is 10.7. The van der Waals surface area contributed by atoms with Crippen molar-refractivity contribution in [2.24, 2.45) is 0 Å². The Balaban J connectivity index is 1.92. The second-order valence-corrected chi connectivity index (χ2v) is 8.92. The van der Waals surface area contributed by atoms with Crippen LogP contribution in [0.1, 0.15) is 35.7 Å². The molecule has 144 valence electrons. The molecule has 5 nitrogen and oxygen atoms in total. The molecule has 0 amide bonds. The molecule has 6 heteroatoms. The van der Waals surface area contributed by atoms with E-state index in [4.69, 9.17) is 0 Å². The van der Waals surface area contributed by atoms with Gasteiger partial charge in [-0.15, -0.1) is 0 Å². The summed E-state index contributed by atoms with van der Waals surface area (Å²) in [6.07, 6.45) is 2.46. The van der Waals surface area contributed by atoms with Gasteiger partial charge in [0.25, 0.3) is 0 Å². The Morgan fingerprint density at radius 3 is 2.41 bits per heavy atom. The number of fused-ring (bicyclic) bond motifs is 1. The van der Waals surface area contributed by atoms with Crippen LogP contribution in [0, 0.1) is 27.7 Å². The van der Waals surface area contributed by atoms with Crippen LogP contribution in [0.4, 0.5) is 0 Å². The van der Waals surface area contributed by atoms with E-state index in [0.29, 0.717) is 17.9 Å². The van der Waals surface area contributed by atoms with Gasteiger partial charge in [-0.3, -0.25) is 0 Å². The third kappa shape index (κ3) is 3.92. The quantitative estimate of drug-likeness (QED) is 0.697. The van der Waals surface area contributed by atoms with Crippen LogP contribution < -0.4 is 4.72 Å². The minimum atomic E-state index is -3.60. The molecule has 2 heterocycles. The SMILES string of the molecule is CCC(Cn1c(C)cc2cccnc21)NS(=O)(=O)c1c(C)cc(C)cc1C. The van der Waals surface area contributed by atoms with Gasteiger partial charge in [-0.2, -0.15) is 0 Å². The number of hydrogen-bond donors (Lipinski definition) is 1. The lowest BCUT2D eigenvalue weighted by Gasteiger charge is -2.21. The number of benzene rings is 1. The molecule has 1 aromatic carbocycles. The average molecular weight is 386 g/mol. The van der Waals surface area contributed by atoms with Crippen molar-refractivity contribution in [1.29, 1.82) is 0 Å². The summed E-state index contributed by atoms with van der Waals surface area (Å²) >= 11 is 0. The van der Waals surface area contributed by atoms with Crippen LogP contribution in [0.15, 0.2) is 41.4 Å². The van der Waals surface area contributed by atoms with Crippen LogP contribution in [0.2, 0.25) is 0 Å². The van der Waals surface area contributed by atoms with Crippen LogP contribution in [0.25, 0.3) is 11.0 Å². The van der Waals surface area contributed by atoms with Crippen molar-refractivity contribution in [1.82, 2.24) is 14.3 Å². The fraction of sp³-hybridized carbons (Fsp3) is 0.381. The summed E-state index contributed by atoms with van der Waals surface area (Å²) in [7, 11) is -3.60. The molecule has 27 heavy (non-hydrogen) atoms. The van der Waals surface area contributed by atoms with Crippen molar-refractivity contribution in [3.05, 3.63) is 58.9 Å². The zero-order valence-corrected chi connectivity index (χ0v) is 17.4. The highest BCUT2D eigenvalue weighted by Crippen LogP contribution is 2.23. The second-order valence-electron chi connectivity index (χ2n) is 7.27. The number of hydrogen-bond acceptors (Lipinski definition) is 3. The smallest absolute Gasteiger partial charge is 0.241 e. The van der Waals surface area contributed by atoms with Crippen molar-refractivity contribution >= 4 is 21.1 Å². The number of rotatable bonds is 6. The average Bonchev–Trinajstić information content (AvgIpc) is 2.88. The van der Waals surface area contributed by atoms with E-state index in [2.05, 4.69) is 20.3 Å². The summed E-state index contributed by atoms with van der Waals surface area (Å²) in [4.78, 5) is 4.86. The number of aryl methyl sites for hydroxylation is 4. The van der Waals surface area contributed by atoms with Crippen LogP contribution in [-0.2, 0) is 16.6 Å². The van der Waals surface area contributed by atoms with Crippen molar-refractivity contribution in [2.75, 3.05) is 0 Å². The first-order chi connectivity index (χ1) is 12.7. The fourth-order valence-electron chi connectivity index (χ4n) is 3.79. The Labute approximate surface area is 161 Å². The summed E-state index contributed by atoms with van der Waals surface area (Å²) < 4.78 is 31.2. The topological polar surface area (TPSA) is 64.0 Å². The van der Waals surface area contributed by atoms with Crippen LogP contribution >= 0.6 is 0 Å². The van der Waals surface area contributed by atoms with Gasteiger partial charge in [-0.25, -0.2) is 18.1 Å². The zero-order chi connectivity index (χ0) is 19.8. The number of nitrogens with zero attached hydrogens (tertiary/aromatic N) is 2. The molecule has 0 saturated heterocycles. The van der Waals surface area contributed by atoms with Gasteiger partial charge >= 0.3 is 0 Å². The Morgan fingerprint density at radius 1 is 1.11 bits per heavy atom. The Kier molecular flexibility index (Phi) is 5.40. The maximum absolute atomic E-state index is 13.1. The third-order valence-electron chi connectivity index (χ3n) is 4.95. The number of nitrogens with one attached hydrogen (secondary N) is 1. The highest BCUT2D eigenvalue weighted by Gasteiger charge is 2.24. The van der Waals surface area contributed by atoms with E-state index in [1.807, 2.05) is 58.9 Å². The molecule has 0 aliphatic carbocycles. The largest absolute Gasteiger partial charge is 0.328 e. The van der Waals surface area contributed by atoms with Gasteiger partial charge in [-0.05, 0) is 63.4 Å². The Bertz CT molecular complexity index is 1060. The number of aromatic nitrogens is 2. The molecule has 0 bridgehead atoms. The van der Waals surface area contributed by atoms with Gasteiger partial charge in [-0.1, -0.05) is 24.6 Å². The summed E-state index contributed by atoms with van der Waals surface area (Å²) in [5, 5.41) is 1.07. The van der Waals surface area contributed by atoms with E-state index < -0.39 is 10.0 Å². The van der Waals surface area contributed by atoms with E-state index in [9.17, 15) is 8.42 Å². The maximum atomic E-state index is 13.1. The number of sulfonamides is 1. The van der Waals surface area contributed by atoms with Crippen molar-refractivity contribution in [3.63, 3.8) is 0 Å². The normalized spacial score (nSPS) is 13.2. The molecular weight excluding hydrogens is 358 g/mol. The molecule has 3 aromatic rings. The zero-order valence-electron chi connectivity index (χ0n) is 16.6. The van der Waals surface area contributed by atoms with E-state index in [1.54, 1.807) is 6.20 Å². The molecule has 1 atom stereocenters. The van der Waals surface area contributed by atoms with E-state index in [0.717, 1.165) is 33.4 Å². The molecule has 3 rings (SSSR count). The minimum absolute atomic E-state index is 0.216. The lowest BCUT2D eigenvalue weighted by Crippen LogP contribution is -2.38. The van der Waals surface area contributed by atoms with E-state index in [-0.39, 0.29) is 6.04 Å².